The van der Waals surface area contributed by atoms with E-state index >= 15 is 0 Å². The molecule has 2 fully saturated rings. The van der Waals surface area contributed by atoms with E-state index in [0.29, 0.717) is 56.6 Å². The summed E-state index contributed by atoms with van der Waals surface area (Å²) in [6.45, 7) is 3.32. The Morgan fingerprint density at radius 2 is 1.60 bits per heavy atom. The van der Waals surface area contributed by atoms with E-state index < -0.39 is 18.3 Å². The van der Waals surface area contributed by atoms with Gasteiger partial charge < -0.3 is 29.3 Å². The Labute approximate surface area is 198 Å². The molecule has 4 heterocycles. The SMILES string of the molecule is COc1cccc2c1nc(C(F)F)n2-c1nc(N2CCOCC2)nc(N2CCN(C(=O)O)CC2)n1. The first kappa shape index (κ1) is 23.0. The number of para-hydroxylation sites is 1. The maximum absolute atomic E-state index is 14.1. The van der Waals surface area contributed by atoms with Crippen molar-refractivity contribution in [3.05, 3.63) is 24.0 Å². The zero-order valence-corrected chi connectivity index (χ0v) is 19.0. The fourth-order valence-corrected chi connectivity index (χ4v) is 4.20. The number of anilines is 2. The van der Waals surface area contributed by atoms with Gasteiger partial charge in [0, 0.05) is 39.3 Å². The second-order valence-electron chi connectivity index (χ2n) is 8.03. The van der Waals surface area contributed by atoms with Crippen molar-refractivity contribution >= 4 is 29.0 Å². The Morgan fingerprint density at radius 3 is 2.20 bits per heavy atom. The van der Waals surface area contributed by atoms with Crippen molar-refractivity contribution in [3.63, 3.8) is 0 Å². The third-order valence-electron chi connectivity index (χ3n) is 6.02. The average molecular weight is 490 g/mol. The highest BCUT2D eigenvalue weighted by Crippen LogP contribution is 2.32. The number of alkyl halides is 2. The molecular formula is C21H24F2N8O4. The van der Waals surface area contributed by atoms with Crippen LogP contribution in [0.2, 0.25) is 0 Å². The van der Waals surface area contributed by atoms with Crippen LogP contribution in [0.1, 0.15) is 12.2 Å². The molecule has 0 unspecified atom stereocenters. The number of benzene rings is 1. The first-order valence-electron chi connectivity index (χ1n) is 11.1. The normalized spacial score (nSPS) is 16.9. The third kappa shape index (κ3) is 4.36. The van der Waals surface area contributed by atoms with Gasteiger partial charge in [-0.1, -0.05) is 6.07 Å². The number of nitrogens with zero attached hydrogens (tertiary/aromatic N) is 8. The predicted octanol–water partition coefficient (Wildman–Crippen LogP) is 1.79. The first-order valence-corrected chi connectivity index (χ1v) is 11.1. The van der Waals surface area contributed by atoms with Gasteiger partial charge >= 0.3 is 6.09 Å². The molecule has 2 aromatic heterocycles. The number of hydrogen-bond donors (Lipinski definition) is 1. The lowest BCUT2D eigenvalue weighted by atomic mass is 10.3. The quantitative estimate of drug-likeness (QED) is 0.566. The van der Waals surface area contributed by atoms with Crippen LogP contribution in [0.4, 0.5) is 25.5 Å². The molecule has 0 aliphatic carbocycles. The molecule has 2 aliphatic rings. The summed E-state index contributed by atoms with van der Waals surface area (Å²) in [6.07, 6.45) is -3.88. The van der Waals surface area contributed by atoms with Gasteiger partial charge in [-0.2, -0.15) is 15.0 Å². The van der Waals surface area contributed by atoms with Gasteiger partial charge in [-0.05, 0) is 12.1 Å². The Bertz CT molecular complexity index is 1230. The van der Waals surface area contributed by atoms with E-state index in [1.807, 2.05) is 9.80 Å². The lowest BCUT2D eigenvalue weighted by Gasteiger charge is -2.34. The molecule has 3 aromatic rings. The number of hydrogen-bond acceptors (Lipinski definition) is 9. The Morgan fingerprint density at radius 1 is 0.971 bits per heavy atom. The van der Waals surface area contributed by atoms with E-state index in [1.54, 1.807) is 18.2 Å². The summed E-state index contributed by atoms with van der Waals surface area (Å²) in [6, 6.07) is 4.99. The van der Waals surface area contributed by atoms with Crippen LogP contribution in [0.15, 0.2) is 18.2 Å². The molecule has 2 aliphatic heterocycles. The molecule has 14 heteroatoms. The summed E-state index contributed by atoms with van der Waals surface area (Å²) in [5, 5.41) is 9.26. The maximum atomic E-state index is 14.1. The van der Waals surface area contributed by atoms with Gasteiger partial charge in [0.25, 0.3) is 6.43 Å². The summed E-state index contributed by atoms with van der Waals surface area (Å²) in [4.78, 5) is 34.2. The number of piperazine rings is 1. The number of ether oxygens (including phenoxy) is 2. The molecule has 0 spiro atoms. The number of halogens is 2. The molecule has 1 aromatic carbocycles. The number of imidazole rings is 1. The van der Waals surface area contributed by atoms with Crippen molar-refractivity contribution in [3.8, 4) is 11.7 Å². The van der Waals surface area contributed by atoms with E-state index in [-0.39, 0.29) is 30.5 Å². The summed E-state index contributed by atoms with van der Waals surface area (Å²) in [5.74, 6) is 0.467. The molecule has 0 atom stereocenters. The third-order valence-corrected chi connectivity index (χ3v) is 6.02. The highest BCUT2D eigenvalue weighted by atomic mass is 19.3. The van der Waals surface area contributed by atoms with Crippen molar-refractivity contribution < 1.29 is 28.2 Å². The van der Waals surface area contributed by atoms with Gasteiger partial charge in [0.05, 0.1) is 25.8 Å². The first-order chi connectivity index (χ1) is 17.0. The van der Waals surface area contributed by atoms with Gasteiger partial charge in [-0.15, -0.1) is 0 Å². The highest BCUT2D eigenvalue weighted by Gasteiger charge is 2.28. The largest absolute Gasteiger partial charge is 0.494 e. The van der Waals surface area contributed by atoms with Gasteiger partial charge in [-0.3, -0.25) is 4.57 Å². The number of methoxy groups -OCH3 is 1. The number of carboxylic acid groups (broad SMARTS) is 1. The molecule has 2 saturated heterocycles. The molecule has 5 rings (SSSR count). The summed E-state index contributed by atoms with van der Waals surface area (Å²) in [5.41, 5.74) is 0.649. The van der Waals surface area contributed by atoms with Gasteiger partial charge in [-0.25, -0.2) is 18.6 Å². The maximum Gasteiger partial charge on any atom is 0.407 e. The summed E-state index contributed by atoms with van der Waals surface area (Å²) < 4.78 is 40.2. The van der Waals surface area contributed by atoms with Crippen molar-refractivity contribution in [1.29, 1.82) is 0 Å². The van der Waals surface area contributed by atoms with Crippen molar-refractivity contribution in [2.24, 2.45) is 0 Å². The van der Waals surface area contributed by atoms with Crippen molar-refractivity contribution in [1.82, 2.24) is 29.4 Å². The number of fused-ring (bicyclic) bond motifs is 1. The van der Waals surface area contributed by atoms with Crippen LogP contribution in [0, 0.1) is 0 Å². The lowest BCUT2D eigenvalue weighted by molar-refractivity contribution is 0.122. The van der Waals surface area contributed by atoms with E-state index in [1.165, 1.54) is 16.6 Å². The molecule has 0 bridgehead atoms. The average Bonchev–Trinajstić information content (AvgIpc) is 3.29. The minimum absolute atomic E-state index is 0.00297. The van der Waals surface area contributed by atoms with E-state index in [4.69, 9.17) is 9.47 Å². The van der Waals surface area contributed by atoms with Crippen LogP contribution in [0.3, 0.4) is 0 Å². The van der Waals surface area contributed by atoms with Crippen LogP contribution in [-0.2, 0) is 4.74 Å². The number of carbonyl (C=O) groups is 1. The number of morpholine rings is 1. The zero-order chi connectivity index (χ0) is 24.5. The predicted molar refractivity (Wildman–Crippen MR) is 121 cm³/mol. The summed E-state index contributed by atoms with van der Waals surface area (Å²) >= 11 is 0. The van der Waals surface area contributed by atoms with E-state index in [2.05, 4.69) is 19.9 Å². The van der Waals surface area contributed by atoms with Crippen LogP contribution >= 0.6 is 0 Å². The molecule has 0 radical (unpaired) electrons. The Hall–Kier alpha value is -3.81. The fraction of sp³-hybridized carbons (Fsp3) is 0.476. The van der Waals surface area contributed by atoms with E-state index in [0.717, 1.165) is 0 Å². The molecule has 12 nitrogen and oxygen atoms in total. The van der Waals surface area contributed by atoms with Gasteiger partial charge in [0.1, 0.15) is 11.3 Å². The number of amides is 1. The monoisotopic (exact) mass is 490 g/mol. The molecule has 0 saturated carbocycles. The highest BCUT2D eigenvalue weighted by molar-refractivity contribution is 5.84. The topological polar surface area (TPSA) is 122 Å². The molecule has 1 N–H and O–H groups in total. The molecular weight excluding hydrogens is 466 g/mol. The molecule has 186 valence electrons. The summed E-state index contributed by atoms with van der Waals surface area (Å²) in [7, 11) is 1.45. The fourth-order valence-electron chi connectivity index (χ4n) is 4.20. The van der Waals surface area contributed by atoms with Crippen LogP contribution < -0.4 is 14.5 Å². The van der Waals surface area contributed by atoms with Gasteiger partial charge in [0.2, 0.25) is 17.8 Å². The van der Waals surface area contributed by atoms with E-state index in [9.17, 15) is 18.7 Å². The minimum atomic E-state index is -2.89. The van der Waals surface area contributed by atoms with Gasteiger partial charge in [0.15, 0.2) is 5.82 Å². The molecule has 35 heavy (non-hydrogen) atoms. The standard InChI is InChI=1S/C21H24F2N8O4/c1-34-14-4-2-3-13-15(14)24-17(16(22)23)31(13)20-26-18(28-5-7-30(8-6-28)21(32)33)25-19(27-20)29-9-11-35-12-10-29/h2-4,16H,5-12H2,1H3,(H,32,33). The van der Waals surface area contributed by atoms with Crippen LogP contribution in [-0.4, -0.2) is 100 Å². The smallest absolute Gasteiger partial charge is 0.407 e. The zero-order valence-electron chi connectivity index (χ0n) is 19.0. The lowest BCUT2D eigenvalue weighted by Crippen LogP contribution is -2.49. The molecule has 1 amide bonds. The van der Waals surface area contributed by atoms with Crippen molar-refractivity contribution in [2.75, 3.05) is 69.4 Å². The Kier molecular flexibility index (Phi) is 6.19. The number of rotatable bonds is 5. The van der Waals surface area contributed by atoms with Crippen LogP contribution in [0.25, 0.3) is 17.0 Å². The second-order valence-corrected chi connectivity index (χ2v) is 8.03. The minimum Gasteiger partial charge on any atom is -0.494 e. The van der Waals surface area contributed by atoms with Crippen LogP contribution in [0.5, 0.6) is 5.75 Å². The Balaban J connectivity index is 1.63. The van der Waals surface area contributed by atoms with Crippen molar-refractivity contribution in [2.45, 2.75) is 6.43 Å². The number of aromatic nitrogens is 5. The second kappa shape index (κ2) is 9.44.